The summed E-state index contributed by atoms with van der Waals surface area (Å²) in [5, 5.41) is 6.89. The number of hydrogen-bond donors (Lipinski definition) is 1. The van der Waals surface area contributed by atoms with Gasteiger partial charge in [-0.05, 0) is 41.7 Å². The molecule has 0 atom stereocenters. The van der Waals surface area contributed by atoms with Crippen molar-refractivity contribution < 1.29 is 13.2 Å². The summed E-state index contributed by atoms with van der Waals surface area (Å²) in [7, 11) is -3.37. The van der Waals surface area contributed by atoms with Gasteiger partial charge in [-0.25, -0.2) is 4.79 Å². The minimum Gasteiger partial charge on any atom is -0.334 e. The van der Waals surface area contributed by atoms with Gasteiger partial charge in [-0.15, -0.1) is 0 Å². The molecule has 0 aromatic carbocycles. The molecule has 1 aromatic rings. The summed E-state index contributed by atoms with van der Waals surface area (Å²) in [6, 6.07) is 1.86. The lowest BCUT2D eigenvalue weighted by Crippen LogP contribution is -2.45. The lowest BCUT2D eigenvalue weighted by molar-refractivity contribution is 0.200. The average molecular weight is 373 g/mol. The minimum absolute atomic E-state index is 0.123. The van der Waals surface area contributed by atoms with Crippen molar-refractivity contribution in [3.05, 3.63) is 22.4 Å². The highest BCUT2D eigenvalue weighted by atomic mass is 32.2. The summed E-state index contributed by atoms with van der Waals surface area (Å²) in [6.45, 7) is 3.60. The van der Waals surface area contributed by atoms with Crippen molar-refractivity contribution in [3.63, 3.8) is 0 Å². The number of thiophene rings is 1. The molecule has 0 saturated carbocycles. The number of rotatable bonds is 4. The number of nitrogens with one attached hydrogen (secondary N) is 1. The third-order valence-electron chi connectivity index (χ3n) is 4.48. The van der Waals surface area contributed by atoms with E-state index in [1.165, 1.54) is 4.31 Å². The highest BCUT2D eigenvalue weighted by molar-refractivity contribution is 7.86. The van der Waals surface area contributed by atoms with Gasteiger partial charge in [-0.3, -0.25) is 0 Å². The van der Waals surface area contributed by atoms with E-state index >= 15 is 0 Å². The second-order valence-corrected chi connectivity index (χ2v) is 8.85. The van der Waals surface area contributed by atoms with Gasteiger partial charge in [0.25, 0.3) is 10.2 Å². The number of nitrogens with zero attached hydrogens (tertiary/aromatic N) is 3. The van der Waals surface area contributed by atoms with E-state index in [0.717, 1.165) is 18.4 Å². The summed E-state index contributed by atoms with van der Waals surface area (Å²) >= 11 is 1.60. The molecule has 0 spiro atoms. The van der Waals surface area contributed by atoms with Crippen LogP contribution in [0.15, 0.2) is 16.8 Å². The Labute approximate surface area is 147 Å². The standard InChI is InChI=1S/C15H24N4O3S2/c20-15(16-12-14-4-11-23-13-14)17-5-3-8-19(10-9-17)24(21,22)18-6-1-2-7-18/h4,11,13H,1-3,5-10,12H2,(H,16,20). The molecule has 9 heteroatoms. The number of carbonyl (C=O) groups is 1. The van der Waals surface area contributed by atoms with Crippen molar-refractivity contribution in [1.29, 1.82) is 0 Å². The Morgan fingerprint density at radius 1 is 1.04 bits per heavy atom. The van der Waals surface area contributed by atoms with Gasteiger partial charge in [0.05, 0.1) is 0 Å². The van der Waals surface area contributed by atoms with E-state index in [-0.39, 0.29) is 6.03 Å². The lowest BCUT2D eigenvalue weighted by Gasteiger charge is -2.26. The first kappa shape index (κ1) is 17.7. The van der Waals surface area contributed by atoms with E-state index in [4.69, 9.17) is 0 Å². The minimum atomic E-state index is -3.37. The Bertz CT molecular complexity index is 642. The maximum atomic E-state index is 12.6. The maximum absolute atomic E-state index is 12.6. The fourth-order valence-corrected chi connectivity index (χ4v) is 5.48. The van der Waals surface area contributed by atoms with Crippen molar-refractivity contribution >= 4 is 27.6 Å². The van der Waals surface area contributed by atoms with Crippen LogP contribution in [0.5, 0.6) is 0 Å². The molecule has 1 N–H and O–H groups in total. The largest absolute Gasteiger partial charge is 0.334 e. The van der Waals surface area contributed by atoms with Crippen LogP contribution in [0, 0.1) is 0 Å². The van der Waals surface area contributed by atoms with Gasteiger partial charge in [-0.1, -0.05) is 0 Å². The van der Waals surface area contributed by atoms with E-state index in [1.807, 2.05) is 16.8 Å². The molecule has 134 valence electrons. The van der Waals surface area contributed by atoms with E-state index in [1.54, 1.807) is 20.5 Å². The Hall–Kier alpha value is -1.16. The Morgan fingerprint density at radius 3 is 2.46 bits per heavy atom. The van der Waals surface area contributed by atoms with Crippen LogP contribution in [0.3, 0.4) is 0 Å². The number of carbonyl (C=O) groups excluding carboxylic acids is 1. The van der Waals surface area contributed by atoms with Gasteiger partial charge >= 0.3 is 6.03 Å². The van der Waals surface area contributed by atoms with Gasteiger partial charge < -0.3 is 10.2 Å². The second kappa shape index (κ2) is 7.81. The summed E-state index contributed by atoms with van der Waals surface area (Å²) in [5.41, 5.74) is 1.08. The van der Waals surface area contributed by atoms with Gasteiger partial charge in [0.2, 0.25) is 0 Å². The molecule has 0 radical (unpaired) electrons. The van der Waals surface area contributed by atoms with Crippen LogP contribution >= 0.6 is 11.3 Å². The van der Waals surface area contributed by atoms with Gasteiger partial charge in [-0.2, -0.15) is 28.4 Å². The van der Waals surface area contributed by atoms with Crippen LogP contribution in [0.2, 0.25) is 0 Å². The molecule has 24 heavy (non-hydrogen) atoms. The van der Waals surface area contributed by atoms with Crippen LogP contribution in [0.25, 0.3) is 0 Å². The molecule has 0 aliphatic carbocycles. The van der Waals surface area contributed by atoms with Crippen LogP contribution < -0.4 is 5.32 Å². The zero-order valence-corrected chi connectivity index (χ0v) is 15.3. The quantitative estimate of drug-likeness (QED) is 0.866. The van der Waals surface area contributed by atoms with Crippen molar-refractivity contribution in [3.8, 4) is 0 Å². The van der Waals surface area contributed by atoms with Gasteiger partial charge in [0.1, 0.15) is 0 Å². The molecule has 2 saturated heterocycles. The van der Waals surface area contributed by atoms with Gasteiger partial charge in [0.15, 0.2) is 0 Å². The smallest absolute Gasteiger partial charge is 0.317 e. The van der Waals surface area contributed by atoms with Crippen LogP contribution in [0.1, 0.15) is 24.8 Å². The fraction of sp³-hybridized carbons (Fsp3) is 0.667. The van der Waals surface area contributed by atoms with Crippen molar-refractivity contribution in [1.82, 2.24) is 18.8 Å². The molecule has 3 rings (SSSR count). The molecule has 0 bridgehead atoms. The van der Waals surface area contributed by atoms with E-state index < -0.39 is 10.2 Å². The maximum Gasteiger partial charge on any atom is 0.317 e. The summed E-state index contributed by atoms with van der Waals surface area (Å²) in [4.78, 5) is 14.0. The topological polar surface area (TPSA) is 73.0 Å². The predicted molar refractivity (Wildman–Crippen MR) is 94.0 cm³/mol. The molecule has 2 aliphatic rings. The first-order valence-electron chi connectivity index (χ1n) is 8.36. The van der Waals surface area contributed by atoms with E-state index in [0.29, 0.717) is 52.2 Å². The molecule has 2 amide bonds. The Balaban J connectivity index is 1.53. The highest BCUT2D eigenvalue weighted by Crippen LogP contribution is 2.18. The normalized spacial score (nSPS) is 20.9. The van der Waals surface area contributed by atoms with Crippen molar-refractivity contribution in [2.75, 3.05) is 39.3 Å². The summed E-state index contributed by atoms with van der Waals surface area (Å²) in [6.07, 6.45) is 2.54. The lowest BCUT2D eigenvalue weighted by atomic mass is 10.3. The second-order valence-electron chi connectivity index (χ2n) is 6.14. The molecule has 0 unspecified atom stereocenters. The zero-order valence-electron chi connectivity index (χ0n) is 13.7. The SMILES string of the molecule is O=C(NCc1ccsc1)N1CCCN(S(=O)(=O)N2CCCC2)CC1. The highest BCUT2D eigenvalue weighted by Gasteiger charge is 2.33. The van der Waals surface area contributed by atoms with Crippen LogP contribution in [-0.4, -0.2) is 67.2 Å². The molecule has 1 aromatic heterocycles. The van der Waals surface area contributed by atoms with Crippen molar-refractivity contribution in [2.24, 2.45) is 0 Å². The zero-order chi connectivity index (χ0) is 17.0. The number of hydrogen-bond acceptors (Lipinski definition) is 4. The van der Waals surface area contributed by atoms with Crippen LogP contribution in [-0.2, 0) is 16.8 Å². The van der Waals surface area contributed by atoms with E-state index in [2.05, 4.69) is 5.32 Å². The predicted octanol–water partition coefficient (Wildman–Crippen LogP) is 1.31. The van der Waals surface area contributed by atoms with Gasteiger partial charge in [0, 0.05) is 45.8 Å². The molecule has 2 aliphatic heterocycles. The third-order valence-corrected chi connectivity index (χ3v) is 7.25. The number of urea groups is 1. The van der Waals surface area contributed by atoms with Crippen LogP contribution in [0.4, 0.5) is 4.79 Å². The van der Waals surface area contributed by atoms with Crippen molar-refractivity contribution in [2.45, 2.75) is 25.8 Å². The summed E-state index contributed by atoms with van der Waals surface area (Å²) in [5.74, 6) is 0. The molecule has 3 heterocycles. The van der Waals surface area contributed by atoms with E-state index in [9.17, 15) is 13.2 Å². The monoisotopic (exact) mass is 372 g/mol. The molecular formula is C15H24N4O3S2. The third kappa shape index (κ3) is 4.08. The first-order valence-corrected chi connectivity index (χ1v) is 10.7. The summed E-state index contributed by atoms with van der Waals surface area (Å²) < 4.78 is 28.4. The Morgan fingerprint density at radius 2 is 1.75 bits per heavy atom. The molecule has 7 nitrogen and oxygen atoms in total. The molecule has 2 fully saturated rings. The number of amides is 2. The first-order chi connectivity index (χ1) is 11.6. The molecular weight excluding hydrogens is 348 g/mol. The average Bonchev–Trinajstić information content (AvgIpc) is 3.22. The Kier molecular flexibility index (Phi) is 5.75. The fourth-order valence-electron chi connectivity index (χ4n) is 3.09.